The standard InChI is InChI=1S/C18H14O8.C15H21NO4/c19-13(11-7-3-1-4-8-11)17(25,15(21)22)18(26,16(23)24)14(20)12-9-5-2-6-10-12;1-16-6-5-11(12(17)9-16)15-13(19-3)7-10(18-2)8-14(15)20-4/h1-10,25-26H,(H,21,22)(H,23,24);7-8,11H,5-6,9H2,1-4H3/t;11-/m.0/s1. The van der Waals surface area contributed by atoms with Gasteiger partial charge >= 0.3 is 11.9 Å². The number of aliphatic hydroxyl groups is 2. The molecule has 1 heterocycles. The minimum Gasteiger partial charge on any atom is -0.496 e. The van der Waals surface area contributed by atoms with Crippen LogP contribution in [0.15, 0.2) is 72.8 Å². The van der Waals surface area contributed by atoms with Gasteiger partial charge in [-0.2, -0.15) is 0 Å². The van der Waals surface area contributed by atoms with Crippen molar-refractivity contribution in [2.45, 2.75) is 23.5 Å². The minimum atomic E-state index is -3.95. The van der Waals surface area contributed by atoms with Gasteiger partial charge in [0.05, 0.1) is 33.8 Å². The number of aliphatic carboxylic acids is 2. The van der Waals surface area contributed by atoms with E-state index in [4.69, 9.17) is 14.2 Å². The fourth-order valence-electron chi connectivity index (χ4n) is 5.08. The van der Waals surface area contributed by atoms with E-state index in [1.165, 1.54) is 36.4 Å². The van der Waals surface area contributed by atoms with E-state index in [9.17, 15) is 44.4 Å². The molecule has 0 aromatic heterocycles. The SMILES string of the molecule is COc1cc(OC)c([C@H]2CCN(C)CC2=O)c(OC)c1.O=C(O)C(O)(C(=O)c1ccccc1)C(O)(C(=O)O)C(=O)c1ccccc1. The molecule has 0 spiro atoms. The molecule has 0 saturated carbocycles. The molecule has 4 N–H and O–H groups in total. The lowest BCUT2D eigenvalue weighted by Crippen LogP contribution is -2.71. The Morgan fingerprint density at radius 2 is 1.15 bits per heavy atom. The van der Waals surface area contributed by atoms with Crippen LogP contribution in [0.25, 0.3) is 0 Å². The average molecular weight is 638 g/mol. The monoisotopic (exact) mass is 637 g/mol. The van der Waals surface area contributed by atoms with Crippen LogP contribution in [0.1, 0.15) is 38.6 Å². The molecule has 1 aliphatic heterocycles. The van der Waals surface area contributed by atoms with Gasteiger partial charge in [0.2, 0.25) is 11.6 Å². The van der Waals surface area contributed by atoms with Gasteiger partial charge in [0.1, 0.15) is 17.2 Å². The molecule has 46 heavy (non-hydrogen) atoms. The third kappa shape index (κ3) is 6.76. The number of rotatable bonds is 11. The first-order valence-electron chi connectivity index (χ1n) is 13.9. The van der Waals surface area contributed by atoms with Crippen molar-refractivity contribution < 1.29 is 58.6 Å². The van der Waals surface area contributed by atoms with E-state index in [2.05, 4.69) is 0 Å². The highest BCUT2D eigenvalue weighted by molar-refractivity contribution is 6.28. The molecule has 1 aliphatic rings. The van der Waals surface area contributed by atoms with E-state index in [0.29, 0.717) is 23.8 Å². The Morgan fingerprint density at radius 3 is 1.48 bits per heavy atom. The first kappa shape index (κ1) is 35.4. The lowest BCUT2D eigenvalue weighted by Gasteiger charge is -2.34. The van der Waals surface area contributed by atoms with E-state index in [1.54, 1.807) is 33.5 Å². The van der Waals surface area contributed by atoms with Gasteiger partial charge in [0.15, 0.2) is 5.78 Å². The zero-order chi connectivity index (χ0) is 34.2. The Labute approximate surface area is 264 Å². The van der Waals surface area contributed by atoms with Crippen molar-refractivity contribution in [3.05, 3.63) is 89.5 Å². The van der Waals surface area contributed by atoms with Crippen molar-refractivity contribution in [2.75, 3.05) is 41.5 Å². The Morgan fingerprint density at radius 1 is 0.739 bits per heavy atom. The molecule has 0 aliphatic carbocycles. The highest BCUT2D eigenvalue weighted by atomic mass is 16.5. The number of likely N-dealkylation sites (N-methyl/N-ethyl adjacent to an activating group) is 1. The summed E-state index contributed by atoms with van der Waals surface area (Å²) in [6, 6.07) is 16.4. The number of hydrogen-bond donors (Lipinski definition) is 4. The van der Waals surface area contributed by atoms with Crippen LogP contribution in [0.5, 0.6) is 17.2 Å². The first-order chi connectivity index (χ1) is 21.8. The second-order valence-corrected chi connectivity index (χ2v) is 10.4. The highest BCUT2D eigenvalue weighted by Crippen LogP contribution is 2.42. The van der Waals surface area contributed by atoms with Crippen LogP contribution in [0.3, 0.4) is 0 Å². The summed E-state index contributed by atoms with van der Waals surface area (Å²) < 4.78 is 16.1. The Kier molecular flexibility index (Phi) is 11.4. The first-order valence-corrected chi connectivity index (χ1v) is 13.9. The normalized spacial score (nSPS) is 17.3. The summed E-state index contributed by atoms with van der Waals surface area (Å²) in [5.74, 6) is -6.07. The van der Waals surface area contributed by atoms with Crippen LogP contribution >= 0.6 is 0 Å². The van der Waals surface area contributed by atoms with E-state index >= 15 is 0 Å². The Bertz CT molecular complexity index is 1490. The van der Waals surface area contributed by atoms with Gasteiger partial charge in [-0.15, -0.1) is 0 Å². The zero-order valence-electron chi connectivity index (χ0n) is 25.6. The largest absolute Gasteiger partial charge is 0.496 e. The summed E-state index contributed by atoms with van der Waals surface area (Å²) in [7, 11) is 6.74. The number of ketones is 3. The summed E-state index contributed by atoms with van der Waals surface area (Å²) in [5, 5.41) is 39.9. The predicted molar refractivity (Wildman–Crippen MR) is 163 cm³/mol. The fraction of sp³-hybridized carbons (Fsp3) is 0.303. The van der Waals surface area contributed by atoms with E-state index in [0.717, 1.165) is 42.8 Å². The molecule has 2 unspecified atom stereocenters. The zero-order valence-corrected chi connectivity index (χ0v) is 25.6. The maximum absolute atomic E-state index is 12.6. The van der Waals surface area contributed by atoms with Gasteiger partial charge in [-0.3, -0.25) is 19.3 Å². The minimum absolute atomic E-state index is 0.179. The molecule has 0 radical (unpaired) electrons. The van der Waals surface area contributed by atoms with Gasteiger partial charge in [0.25, 0.3) is 11.2 Å². The molecular formula is C33H35NO12. The van der Waals surface area contributed by atoms with Gasteiger partial charge in [-0.05, 0) is 20.0 Å². The molecule has 0 bridgehead atoms. The van der Waals surface area contributed by atoms with Crippen LogP contribution < -0.4 is 14.2 Å². The molecule has 13 heteroatoms. The number of nitrogens with zero attached hydrogens (tertiary/aromatic N) is 1. The van der Waals surface area contributed by atoms with Crippen molar-refractivity contribution >= 4 is 29.3 Å². The van der Waals surface area contributed by atoms with Crippen molar-refractivity contribution in [3.63, 3.8) is 0 Å². The van der Waals surface area contributed by atoms with E-state index in [1.807, 2.05) is 11.9 Å². The van der Waals surface area contributed by atoms with Crippen molar-refractivity contribution in [2.24, 2.45) is 0 Å². The number of carbonyl (C=O) groups excluding carboxylic acids is 3. The molecule has 3 aromatic rings. The number of benzene rings is 3. The van der Waals surface area contributed by atoms with Crippen LogP contribution in [-0.2, 0) is 14.4 Å². The number of ether oxygens (including phenoxy) is 3. The number of carboxylic acids is 2. The lowest BCUT2D eigenvalue weighted by atomic mass is 9.73. The number of carbonyl (C=O) groups is 5. The summed E-state index contributed by atoms with van der Waals surface area (Å²) in [4.78, 5) is 62.9. The predicted octanol–water partition coefficient (Wildman–Crippen LogP) is 2.08. The Balaban J connectivity index is 0.000000259. The average Bonchev–Trinajstić information content (AvgIpc) is 3.07. The van der Waals surface area contributed by atoms with Crippen molar-refractivity contribution in [1.82, 2.24) is 4.90 Å². The summed E-state index contributed by atoms with van der Waals surface area (Å²) >= 11 is 0. The van der Waals surface area contributed by atoms with Gasteiger partial charge in [0, 0.05) is 28.8 Å². The smallest absolute Gasteiger partial charge is 0.348 e. The maximum Gasteiger partial charge on any atom is 0.348 e. The Hall–Kier alpha value is -5.11. The summed E-state index contributed by atoms with van der Waals surface area (Å²) in [6.07, 6.45) is 0.772. The van der Waals surface area contributed by atoms with Crippen LogP contribution in [0.2, 0.25) is 0 Å². The van der Waals surface area contributed by atoms with E-state index < -0.39 is 45.8 Å². The number of Topliss-reactive ketones (excluding diaryl/α,β-unsaturated/α-hetero) is 3. The molecular weight excluding hydrogens is 602 g/mol. The van der Waals surface area contributed by atoms with Crippen LogP contribution in [-0.4, -0.2) is 107 Å². The molecule has 1 saturated heterocycles. The molecule has 13 nitrogen and oxygen atoms in total. The van der Waals surface area contributed by atoms with Gasteiger partial charge in [-0.25, -0.2) is 9.59 Å². The fourth-order valence-corrected chi connectivity index (χ4v) is 5.08. The van der Waals surface area contributed by atoms with Crippen molar-refractivity contribution in [3.8, 4) is 17.2 Å². The molecule has 3 atom stereocenters. The highest BCUT2D eigenvalue weighted by Gasteiger charge is 2.69. The van der Waals surface area contributed by atoms with Gasteiger partial charge < -0.3 is 34.6 Å². The number of likely N-dealkylation sites (tertiary alicyclic amines) is 1. The number of carboxylic acid groups (broad SMARTS) is 2. The topological polar surface area (TPSA) is 197 Å². The third-order valence-corrected chi connectivity index (χ3v) is 7.59. The molecule has 0 amide bonds. The number of methoxy groups -OCH3 is 3. The summed E-state index contributed by atoms with van der Waals surface area (Å²) in [5.41, 5.74) is -7.86. The van der Waals surface area contributed by atoms with Crippen LogP contribution in [0, 0.1) is 0 Å². The quantitative estimate of drug-likeness (QED) is 0.176. The third-order valence-electron chi connectivity index (χ3n) is 7.59. The maximum atomic E-state index is 12.6. The molecule has 1 fully saturated rings. The second-order valence-electron chi connectivity index (χ2n) is 10.4. The number of hydrogen-bond acceptors (Lipinski definition) is 11. The van der Waals surface area contributed by atoms with Crippen LogP contribution in [0.4, 0.5) is 0 Å². The van der Waals surface area contributed by atoms with Gasteiger partial charge in [-0.1, -0.05) is 60.7 Å². The second kappa shape index (κ2) is 14.8. The summed E-state index contributed by atoms with van der Waals surface area (Å²) in [6.45, 7) is 1.34. The molecule has 244 valence electrons. The molecule has 4 rings (SSSR count). The van der Waals surface area contributed by atoms with E-state index in [-0.39, 0.29) is 11.7 Å². The molecule has 3 aromatic carbocycles. The van der Waals surface area contributed by atoms with Crippen molar-refractivity contribution in [1.29, 1.82) is 0 Å². The number of piperidine rings is 1. The lowest BCUT2D eigenvalue weighted by molar-refractivity contribution is -0.187.